The lowest BCUT2D eigenvalue weighted by molar-refractivity contribution is -0.137. The highest BCUT2D eigenvalue weighted by atomic mass is 19.4. The van der Waals surface area contributed by atoms with E-state index in [4.69, 9.17) is 9.47 Å². The van der Waals surface area contributed by atoms with E-state index in [0.29, 0.717) is 13.0 Å². The molecule has 0 aromatic heterocycles. The fourth-order valence-electron chi connectivity index (χ4n) is 2.57. The van der Waals surface area contributed by atoms with Gasteiger partial charge in [0.25, 0.3) is 0 Å². The zero-order valence-corrected chi connectivity index (χ0v) is 16.1. The van der Waals surface area contributed by atoms with E-state index in [0.717, 1.165) is 23.3 Å². The van der Waals surface area contributed by atoms with E-state index >= 15 is 0 Å². The summed E-state index contributed by atoms with van der Waals surface area (Å²) >= 11 is 0. The summed E-state index contributed by atoms with van der Waals surface area (Å²) in [5, 5.41) is 0. The molecule has 0 saturated heterocycles. The van der Waals surface area contributed by atoms with Gasteiger partial charge in [-0.15, -0.1) is 0 Å². The number of hydrogen-bond donors (Lipinski definition) is 0. The Kier molecular flexibility index (Phi) is 7.31. The van der Waals surface area contributed by atoms with E-state index in [1.165, 1.54) is 17.0 Å². The molecule has 0 heterocycles. The molecule has 0 spiro atoms. The van der Waals surface area contributed by atoms with Gasteiger partial charge < -0.3 is 14.4 Å². The minimum absolute atomic E-state index is 0.0260. The molecule has 28 heavy (non-hydrogen) atoms. The predicted molar refractivity (Wildman–Crippen MR) is 100 cm³/mol. The number of amides is 1. The van der Waals surface area contributed by atoms with Crippen LogP contribution in [0.5, 0.6) is 5.75 Å². The van der Waals surface area contributed by atoms with E-state index in [-0.39, 0.29) is 12.4 Å². The summed E-state index contributed by atoms with van der Waals surface area (Å²) in [5.74, 6) is 0.0810. The lowest BCUT2D eigenvalue weighted by Gasteiger charge is -2.22. The molecule has 0 bridgehead atoms. The minimum atomic E-state index is -4.44. The van der Waals surface area contributed by atoms with Crippen molar-refractivity contribution in [2.75, 3.05) is 13.7 Å². The summed E-state index contributed by atoms with van der Waals surface area (Å²) in [5.41, 5.74) is 1.29. The SMILES string of the molecule is CCC(COc1cccc(C(F)(F)F)c1)OC(=O)N(C)Cc1cccc(C)c1. The van der Waals surface area contributed by atoms with E-state index in [2.05, 4.69) is 0 Å². The normalized spacial score (nSPS) is 12.4. The van der Waals surface area contributed by atoms with Gasteiger partial charge in [0.05, 0.1) is 5.56 Å². The van der Waals surface area contributed by atoms with Gasteiger partial charge in [0.1, 0.15) is 18.5 Å². The molecule has 1 amide bonds. The maximum Gasteiger partial charge on any atom is 0.416 e. The molecule has 0 radical (unpaired) electrons. The van der Waals surface area contributed by atoms with Gasteiger partial charge in [0.2, 0.25) is 0 Å². The molecular weight excluding hydrogens is 371 g/mol. The van der Waals surface area contributed by atoms with Crippen LogP contribution in [0, 0.1) is 6.92 Å². The quantitative estimate of drug-likeness (QED) is 0.627. The minimum Gasteiger partial charge on any atom is -0.490 e. The highest BCUT2D eigenvalue weighted by Crippen LogP contribution is 2.31. The average Bonchev–Trinajstić information content (AvgIpc) is 2.64. The summed E-state index contributed by atoms with van der Waals surface area (Å²) in [6.07, 6.45) is -5.04. The van der Waals surface area contributed by atoms with Crippen LogP contribution in [0.4, 0.5) is 18.0 Å². The van der Waals surface area contributed by atoms with Crippen LogP contribution >= 0.6 is 0 Å². The monoisotopic (exact) mass is 395 g/mol. The Morgan fingerprint density at radius 1 is 1.14 bits per heavy atom. The van der Waals surface area contributed by atoms with Crippen LogP contribution in [0.15, 0.2) is 48.5 Å². The number of aryl methyl sites for hydroxylation is 1. The number of nitrogens with zero attached hydrogens (tertiary/aromatic N) is 1. The van der Waals surface area contributed by atoms with Crippen LogP contribution in [-0.2, 0) is 17.5 Å². The number of rotatable bonds is 7. The lowest BCUT2D eigenvalue weighted by atomic mass is 10.1. The summed E-state index contributed by atoms with van der Waals surface area (Å²) in [6, 6.07) is 12.4. The largest absolute Gasteiger partial charge is 0.490 e. The maximum atomic E-state index is 12.8. The zero-order valence-electron chi connectivity index (χ0n) is 16.1. The highest BCUT2D eigenvalue weighted by Gasteiger charge is 2.30. The van der Waals surface area contributed by atoms with Crippen LogP contribution < -0.4 is 4.74 Å². The van der Waals surface area contributed by atoms with Crippen molar-refractivity contribution < 1.29 is 27.4 Å². The van der Waals surface area contributed by atoms with E-state index in [9.17, 15) is 18.0 Å². The van der Waals surface area contributed by atoms with Crippen LogP contribution in [-0.4, -0.2) is 30.8 Å². The molecule has 7 heteroatoms. The molecule has 152 valence electrons. The first-order valence-corrected chi connectivity index (χ1v) is 8.96. The molecule has 2 aromatic carbocycles. The lowest BCUT2D eigenvalue weighted by Crippen LogP contribution is -2.33. The van der Waals surface area contributed by atoms with E-state index < -0.39 is 23.9 Å². The molecular formula is C21H24F3NO3. The van der Waals surface area contributed by atoms with Crippen molar-refractivity contribution in [3.63, 3.8) is 0 Å². The molecule has 0 fully saturated rings. The van der Waals surface area contributed by atoms with Crippen molar-refractivity contribution in [3.8, 4) is 5.75 Å². The van der Waals surface area contributed by atoms with Gasteiger partial charge in [-0.05, 0) is 37.1 Å². The molecule has 1 unspecified atom stereocenters. The van der Waals surface area contributed by atoms with Gasteiger partial charge >= 0.3 is 12.3 Å². The first-order valence-electron chi connectivity index (χ1n) is 8.96. The van der Waals surface area contributed by atoms with Gasteiger partial charge in [0.15, 0.2) is 0 Å². The Morgan fingerprint density at radius 2 is 1.86 bits per heavy atom. The number of hydrogen-bond acceptors (Lipinski definition) is 3. The van der Waals surface area contributed by atoms with Crippen LogP contribution in [0.2, 0.25) is 0 Å². The summed E-state index contributed by atoms with van der Waals surface area (Å²) in [7, 11) is 1.63. The fourth-order valence-corrected chi connectivity index (χ4v) is 2.57. The Balaban J connectivity index is 1.90. The Bertz CT molecular complexity index is 792. The van der Waals surface area contributed by atoms with Gasteiger partial charge in [-0.1, -0.05) is 42.8 Å². The third-order valence-electron chi connectivity index (χ3n) is 4.13. The van der Waals surface area contributed by atoms with Gasteiger partial charge in [-0.25, -0.2) is 4.79 Å². The molecule has 0 N–H and O–H groups in total. The second-order valence-corrected chi connectivity index (χ2v) is 6.60. The number of ether oxygens (including phenoxy) is 2. The molecule has 4 nitrogen and oxygen atoms in total. The van der Waals surface area contributed by atoms with Crippen molar-refractivity contribution in [3.05, 3.63) is 65.2 Å². The van der Waals surface area contributed by atoms with Crippen molar-refractivity contribution in [2.45, 2.75) is 39.1 Å². The number of benzene rings is 2. The topological polar surface area (TPSA) is 38.8 Å². The highest BCUT2D eigenvalue weighted by molar-refractivity contribution is 5.67. The van der Waals surface area contributed by atoms with E-state index in [1.807, 2.05) is 38.1 Å². The molecule has 1 atom stereocenters. The predicted octanol–water partition coefficient (Wildman–Crippen LogP) is 5.44. The number of alkyl halides is 3. The first kappa shape index (κ1) is 21.6. The average molecular weight is 395 g/mol. The number of carbonyl (C=O) groups excluding carboxylic acids is 1. The summed E-state index contributed by atoms with van der Waals surface area (Å²) < 4.78 is 49.1. The number of carbonyl (C=O) groups is 1. The van der Waals surface area contributed by atoms with Crippen LogP contribution in [0.3, 0.4) is 0 Å². The molecule has 0 saturated carbocycles. The standard InChI is InChI=1S/C21H24F3NO3/c1-4-18(14-27-19-10-6-9-17(12-19)21(22,23)24)28-20(26)25(3)13-16-8-5-7-15(2)11-16/h5-12,18H,4,13-14H2,1-3H3. The summed E-state index contributed by atoms with van der Waals surface area (Å²) in [4.78, 5) is 13.7. The van der Waals surface area contributed by atoms with Crippen molar-refractivity contribution in [1.29, 1.82) is 0 Å². The third-order valence-corrected chi connectivity index (χ3v) is 4.13. The third kappa shape index (κ3) is 6.48. The van der Waals surface area contributed by atoms with Crippen LogP contribution in [0.25, 0.3) is 0 Å². The Labute approximate surface area is 162 Å². The van der Waals surface area contributed by atoms with Crippen molar-refractivity contribution in [1.82, 2.24) is 4.90 Å². The van der Waals surface area contributed by atoms with Crippen molar-refractivity contribution >= 4 is 6.09 Å². The second-order valence-electron chi connectivity index (χ2n) is 6.60. The van der Waals surface area contributed by atoms with Gasteiger partial charge in [-0.2, -0.15) is 13.2 Å². The molecule has 0 aliphatic heterocycles. The fraction of sp³-hybridized carbons (Fsp3) is 0.381. The maximum absolute atomic E-state index is 12.8. The second kappa shape index (κ2) is 9.48. The van der Waals surface area contributed by atoms with Crippen molar-refractivity contribution in [2.24, 2.45) is 0 Å². The van der Waals surface area contributed by atoms with Gasteiger partial charge in [0, 0.05) is 13.6 Å². The Morgan fingerprint density at radius 3 is 2.50 bits per heavy atom. The number of halogens is 3. The van der Waals surface area contributed by atoms with Gasteiger partial charge in [-0.3, -0.25) is 0 Å². The smallest absolute Gasteiger partial charge is 0.416 e. The first-order chi connectivity index (χ1) is 13.2. The molecule has 2 rings (SSSR count). The zero-order chi connectivity index (χ0) is 20.7. The summed E-state index contributed by atoms with van der Waals surface area (Å²) in [6.45, 7) is 4.15. The Hall–Kier alpha value is -2.70. The molecule has 0 aliphatic carbocycles. The molecule has 0 aliphatic rings. The molecule has 2 aromatic rings. The van der Waals surface area contributed by atoms with Crippen LogP contribution in [0.1, 0.15) is 30.0 Å². The van der Waals surface area contributed by atoms with E-state index in [1.54, 1.807) is 7.05 Å².